The first-order valence-corrected chi connectivity index (χ1v) is 9.79. The van der Waals surface area contributed by atoms with E-state index in [0.29, 0.717) is 22.7 Å². The lowest BCUT2D eigenvalue weighted by atomic mass is 10.1. The fourth-order valence-corrected chi connectivity index (χ4v) is 3.15. The molecular weight excluding hydrogens is 410 g/mol. The Labute approximate surface area is 182 Å². The van der Waals surface area contributed by atoms with Crippen LogP contribution in [0.3, 0.4) is 0 Å². The Hall–Kier alpha value is -4.46. The van der Waals surface area contributed by atoms with Crippen LogP contribution in [0.25, 0.3) is 11.0 Å². The fraction of sp³-hybridized carbons (Fsp3) is 0.0833. The summed E-state index contributed by atoms with van der Waals surface area (Å²) in [7, 11) is 0. The van der Waals surface area contributed by atoms with Crippen molar-refractivity contribution in [3.8, 4) is 5.75 Å². The van der Waals surface area contributed by atoms with Gasteiger partial charge in [0.2, 0.25) is 0 Å². The SMILES string of the molecule is Cc1cc(=O)oc2cc(OCC(=NNc3ccc([N+](=O)[O-])cc3)c3ccccc3)ccc12. The highest BCUT2D eigenvalue weighted by atomic mass is 16.6. The van der Waals surface area contributed by atoms with Crippen LogP contribution < -0.4 is 15.8 Å². The summed E-state index contributed by atoms with van der Waals surface area (Å²) in [6.07, 6.45) is 0. The molecule has 0 bridgehead atoms. The van der Waals surface area contributed by atoms with Crippen molar-refractivity contribution in [1.29, 1.82) is 0 Å². The van der Waals surface area contributed by atoms with Crippen molar-refractivity contribution < 1.29 is 14.1 Å². The van der Waals surface area contributed by atoms with Gasteiger partial charge >= 0.3 is 5.63 Å². The summed E-state index contributed by atoms with van der Waals surface area (Å²) >= 11 is 0. The number of hydrogen-bond donors (Lipinski definition) is 1. The molecule has 8 nitrogen and oxygen atoms in total. The third kappa shape index (κ3) is 4.81. The van der Waals surface area contributed by atoms with E-state index in [1.54, 1.807) is 18.2 Å². The van der Waals surface area contributed by atoms with Crippen LogP contribution in [0.5, 0.6) is 5.75 Å². The molecule has 0 fully saturated rings. The Kier molecular flexibility index (Phi) is 5.94. The first-order chi connectivity index (χ1) is 15.5. The molecule has 0 saturated heterocycles. The summed E-state index contributed by atoms with van der Waals surface area (Å²) in [6.45, 7) is 2.00. The molecule has 0 radical (unpaired) electrons. The van der Waals surface area contributed by atoms with Crippen molar-refractivity contribution in [3.05, 3.63) is 111 Å². The number of nitrogens with zero attached hydrogens (tertiary/aromatic N) is 2. The van der Waals surface area contributed by atoms with Gasteiger partial charge in [0, 0.05) is 35.2 Å². The van der Waals surface area contributed by atoms with Gasteiger partial charge in [-0.3, -0.25) is 15.5 Å². The Bertz CT molecular complexity index is 1350. The Balaban J connectivity index is 1.56. The van der Waals surface area contributed by atoms with Gasteiger partial charge in [-0.05, 0) is 36.8 Å². The van der Waals surface area contributed by atoms with E-state index < -0.39 is 10.5 Å². The maximum absolute atomic E-state index is 11.7. The molecule has 1 heterocycles. The quantitative estimate of drug-likeness (QED) is 0.194. The molecule has 1 N–H and O–H groups in total. The van der Waals surface area contributed by atoms with Crippen LogP contribution in [0.1, 0.15) is 11.1 Å². The third-order valence-corrected chi connectivity index (χ3v) is 4.80. The highest BCUT2D eigenvalue weighted by Crippen LogP contribution is 2.22. The predicted octanol–water partition coefficient (Wildman–Crippen LogP) is 4.90. The molecule has 160 valence electrons. The molecule has 4 rings (SSSR count). The topological polar surface area (TPSA) is 107 Å². The van der Waals surface area contributed by atoms with Crippen molar-refractivity contribution >= 4 is 28.1 Å². The minimum atomic E-state index is -0.455. The Morgan fingerprint density at radius 3 is 2.53 bits per heavy atom. The van der Waals surface area contributed by atoms with E-state index in [-0.39, 0.29) is 12.3 Å². The number of hydrogen-bond acceptors (Lipinski definition) is 7. The molecular formula is C24H19N3O5. The second-order valence-corrected chi connectivity index (χ2v) is 7.04. The number of non-ortho nitro benzene ring substituents is 1. The summed E-state index contributed by atoms with van der Waals surface area (Å²) in [5.41, 5.74) is 5.87. The van der Waals surface area contributed by atoms with Gasteiger partial charge in [0.1, 0.15) is 23.7 Å². The minimum Gasteiger partial charge on any atom is -0.487 e. The number of nitrogens with one attached hydrogen (secondary N) is 1. The van der Waals surface area contributed by atoms with Gasteiger partial charge in [-0.25, -0.2) is 4.79 Å². The highest BCUT2D eigenvalue weighted by Gasteiger charge is 2.09. The lowest BCUT2D eigenvalue weighted by Crippen LogP contribution is -2.15. The van der Waals surface area contributed by atoms with Crippen molar-refractivity contribution in [1.82, 2.24) is 0 Å². The van der Waals surface area contributed by atoms with Crippen molar-refractivity contribution in [3.63, 3.8) is 0 Å². The largest absolute Gasteiger partial charge is 0.487 e. The average Bonchev–Trinajstić information content (AvgIpc) is 2.79. The van der Waals surface area contributed by atoms with Gasteiger partial charge in [0.25, 0.3) is 5.69 Å². The lowest BCUT2D eigenvalue weighted by molar-refractivity contribution is -0.384. The van der Waals surface area contributed by atoms with Gasteiger partial charge in [0.15, 0.2) is 0 Å². The maximum Gasteiger partial charge on any atom is 0.336 e. The van der Waals surface area contributed by atoms with Crippen molar-refractivity contribution in [2.45, 2.75) is 6.92 Å². The third-order valence-electron chi connectivity index (χ3n) is 4.80. The van der Waals surface area contributed by atoms with E-state index in [2.05, 4.69) is 10.5 Å². The predicted molar refractivity (Wildman–Crippen MR) is 122 cm³/mol. The summed E-state index contributed by atoms with van der Waals surface area (Å²) in [5, 5.41) is 16.1. The number of benzene rings is 3. The van der Waals surface area contributed by atoms with E-state index >= 15 is 0 Å². The molecule has 0 unspecified atom stereocenters. The summed E-state index contributed by atoms with van der Waals surface area (Å²) in [5.74, 6) is 0.533. The molecule has 0 aliphatic carbocycles. The normalized spacial score (nSPS) is 11.3. The highest BCUT2D eigenvalue weighted by molar-refractivity contribution is 6.02. The number of aryl methyl sites for hydroxylation is 1. The molecule has 0 atom stereocenters. The summed E-state index contributed by atoms with van der Waals surface area (Å²) < 4.78 is 11.2. The molecule has 4 aromatic rings. The van der Waals surface area contributed by atoms with Gasteiger partial charge in [-0.1, -0.05) is 30.3 Å². The standard InChI is InChI=1S/C24H19N3O5/c1-16-13-24(28)32-23-14-20(11-12-21(16)23)31-15-22(17-5-3-2-4-6-17)26-25-18-7-9-19(10-8-18)27(29)30/h2-14,25H,15H2,1H3. The second-order valence-electron chi connectivity index (χ2n) is 7.04. The Morgan fingerprint density at radius 1 is 1.06 bits per heavy atom. The molecule has 0 aliphatic rings. The number of anilines is 1. The molecule has 1 aromatic heterocycles. The molecule has 0 aliphatic heterocycles. The van der Waals surface area contributed by atoms with E-state index in [9.17, 15) is 14.9 Å². The van der Waals surface area contributed by atoms with Gasteiger partial charge in [-0.15, -0.1) is 0 Å². The van der Waals surface area contributed by atoms with E-state index in [4.69, 9.17) is 9.15 Å². The van der Waals surface area contributed by atoms with E-state index in [0.717, 1.165) is 16.5 Å². The number of nitro groups is 1. The van der Waals surface area contributed by atoms with Crippen LogP contribution >= 0.6 is 0 Å². The first kappa shape index (κ1) is 20.8. The Morgan fingerprint density at radius 2 is 1.81 bits per heavy atom. The molecule has 3 aromatic carbocycles. The van der Waals surface area contributed by atoms with Crippen LogP contribution in [-0.4, -0.2) is 17.2 Å². The van der Waals surface area contributed by atoms with Crippen LogP contribution in [0.4, 0.5) is 11.4 Å². The fourth-order valence-electron chi connectivity index (χ4n) is 3.15. The number of fused-ring (bicyclic) bond motifs is 1. The molecule has 0 spiro atoms. The number of hydrazone groups is 1. The molecule has 0 saturated carbocycles. The lowest BCUT2D eigenvalue weighted by Gasteiger charge is -2.11. The maximum atomic E-state index is 11.7. The molecule has 8 heteroatoms. The van der Waals surface area contributed by atoms with Crippen LogP contribution in [0, 0.1) is 17.0 Å². The minimum absolute atomic E-state index is 0.00402. The average molecular weight is 429 g/mol. The molecule has 0 amide bonds. The summed E-state index contributed by atoms with van der Waals surface area (Å²) in [4.78, 5) is 22.0. The zero-order valence-electron chi connectivity index (χ0n) is 17.1. The molecule has 32 heavy (non-hydrogen) atoms. The van der Waals surface area contributed by atoms with Crippen LogP contribution in [-0.2, 0) is 0 Å². The van der Waals surface area contributed by atoms with Crippen molar-refractivity contribution in [2.75, 3.05) is 12.0 Å². The van der Waals surface area contributed by atoms with Crippen LogP contribution in [0.15, 0.2) is 93.2 Å². The zero-order chi connectivity index (χ0) is 22.5. The smallest absolute Gasteiger partial charge is 0.336 e. The van der Waals surface area contributed by atoms with Gasteiger partial charge in [-0.2, -0.15) is 5.10 Å². The van der Waals surface area contributed by atoms with Gasteiger partial charge < -0.3 is 9.15 Å². The van der Waals surface area contributed by atoms with Crippen LogP contribution in [0.2, 0.25) is 0 Å². The first-order valence-electron chi connectivity index (χ1n) is 9.79. The number of rotatable bonds is 7. The number of nitro benzene ring substituents is 1. The van der Waals surface area contributed by atoms with Crippen molar-refractivity contribution in [2.24, 2.45) is 5.10 Å². The number of ether oxygens (including phenoxy) is 1. The van der Waals surface area contributed by atoms with E-state index in [1.807, 2.05) is 49.4 Å². The van der Waals surface area contributed by atoms with E-state index in [1.165, 1.54) is 18.2 Å². The van der Waals surface area contributed by atoms with Gasteiger partial charge in [0.05, 0.1) is 10.6 Å². The second kappa shape index (κ2) is 9.13. The monoisotopic (exact) mass is 429 g/mol. The zero-order valence-corrected chi connectivity index (χ0v) is 17.1. The summed E-state index contributed by atoms with van der Waals surface area (Å²) in [6, 6.07) is 22.3.